The molecule has 1 aromatic rings. The largest absolute Gasteiger partial charge is 0.466 e. The first-order valence-electron chi connectivity index (χ1n) is 12.3. The average molecular weight is 522 g/mol. The van der Waals surface area contributed by atoms with E-state index in [1.807, 2.05) is 38.1 Å². The number of benzene rings is 1. The van der Waals surface area contributed by atoms with Gasteiger partial charge in [-0.05, 0) is 58.1 Å². The smallest absolute Gasteiger partial charge is 0.408 e. The molecule has 0 saturated heterocycles. The Morgan fingerprint density at radius 2 is 1.83 bits per heavy atom. The lowest BCUT2D eigenvalue weighted by Crippen LogP contribution is -2.55. The highest BCUT2D eigenvalue weighted by atomic mass is 32.1. The van der Waals surface area contributed by atoms with Crippen LogP contribution in [-0.2, 0) is 23.9 Å². The van der Waals surface area contributed by atoms with Crippen LogP contribution in [0.2, 0.25) is 0 Å². The third kappa shape index (κ3) is 8.43. The van der Waals surface area contributed by atoms with Gasteiger partial charge >= 0.3 is 12.1 Å². The predicted octanol–water partition coefficient (Wildman–Crippen LogP) is 3.17. The molecule has 4 atom stereocenters. The van der Waals surface area contributed by atoms with E-state index in [2.05, 4.69) is 23.3 Å². The minimum atomic E-state index is -0.991. The highest BCUT2D eigenvalue weighted by molar-refractivity contribution is 7.80. The number of esters is 1. The summed E-state index contributed by atoms with van der Waals surface area (Å²) < 4.78 is 10.3. The molecule has 10 heteroatoms. The van der Waals surface area contributed by atoms with Gasteiger partial charge in [-0.1, -0.05) is 31.2 Å². The van der Waals surface area contributed by atoms with Crippen LogP contribution in [0.1, 0.15) is 64.6 Å². The fourth-order valence-electron chi connectivity index (χ4n) is 3.92. The number of hydrogen-bond acceptors (Lipinski definition) is 7. The van der Waals surface area contributed by atoms with E-state index in [0.717, 1.165) is 12.0 Å². The van der Waals surface area contributed by atoms with Crippen LogP contribution in [0.3, 0.4) is 0 Å². The van der Waals surface area contributed by atoms with E-state index in [-0.39, 0.29) is 37.3 Å². The average Bonchev–Trinajstić information content (AvgIpc) is 3.50. The molecule has 2 rings (SSSR count). The molecule has 200 valence electrons. The number of nitrogens with one attached hydrogen (secondary N) is 2. The van der Waals surface area contributed by atoms with Crippen LogP contribution < -0.4 is 10.6 Å². The molecule has 1 aromatic carbocycles. The summed E-state index contributed by atoms with van der Waals surface area (Å²) in [6, 6.07) is 5.25. The third-order valence-electron chi connectivity index (χ3n) is 5.79. The highest BCUT2D eigenvalue weighted by Gasteiger charge is 2.48. The Morgan fingerprint density at radius 3 is 2.36 bits per heavy atom. The maximum Gasteiger partial charge on any atom is 0.408 e. The van der Waals surface area contributed by atoms with Gasteiger partial charge in [0, 0.05) is 18.3 Å². The second kappa shape index (κ2) is 13.0. The molecule has 0 spiro atoms. The van der Waals surface area contributed by atoms with E-state index in [1.54, 1.807) is 32.6 Å². The molecule has 1 saturated carbocycles. The van der Waals surface area contributed by atoms with Gasteiger partial charge in [-0.2, -0.15) is 12.6 Å². The maximum absolute atomic E-state index is 13.9. The summed E-state index contributed by atoms with van der Waals surface area (Å²) in [6.45, 7) is 11.1. The summed E-state index contributed by atoms with van der Waals surface area (Å²) in [5.41, 5.74) is 0.784. The fraction of sp³-hybridized carbons (Fsp3) is 0.615. The Hall–Kier alpha value is -2.75. The SMILES string of the molecule is CCOC(=O)CCNC(=O)C(c1ccccc1C)N(C(=O)C(CS)NC(=O)OC(C)(C)C)C1CC1C. The van der Waals surface area contributed by atoms with Gasteiger partial charge in [0.05, 0.1) is 13.0 Å². The maximum atomic E-state index is 13.9. The number of rotatable bonds is 11. The van der Waals surface area contributed by atoms with Crippen LogP contribution in [0, 0.1) is 12.8 Å². The zero-order valence-corrected chi connectivity index (χ0v) is 22.9. The molecule has 0 heterocycles. The van der Waals surface area contributed by atoms with E-state index >= 15 is 0 Å². The van der Waals surface area contributed by atoms with Crippen molar-refractivity contribution in [3.05, 3.63) is 35.4 Å². The highest BCUT2D eigenvalue weighted by Crippen LogP contribution is 2.41. The van der Waals surface area contributed by atoms with Crippen molar-refractivity contribution in [3.8, 4) is 0 Å². The van der Waals surface area contributed by atoms with Crippen molar-refractivity contribution in [3.63, 3.8) is 0 Å². The number of alkyl carbamates (subject to hydrolysis) is 1. The number of aryl methyl sites for hydroxylation is 1. The molecular weight excluding hydrogens is 482 g/mol. The predicted molar refractivity (Wildman–Crippen MR) is 140 cm³/mol. The van der Waals surface area contributed by atoms with Crippen LogP contribution in [0.4, 0.5) is 4.79 Å². The van der Waals surface area contributed by atoms with E-state index < -0.39 is 41.6 Å². The van der Waals surface area contributed by atoms with Gasteiger partial charge in [0.2, 0.25) is 11.8 Å². The lowest BCUT2D eigenvalue weighted by atomic mass is 9.98. The Balaban J connectivity index is 2.36. The summed E-state index contributed by atoms with van der Waals surface area (Å²) >= 11 is 4.30. The summed E-state index contributed by atoms with van der Waals surface area (Å²) in [6.07, 6.45) is 0.0218. The van der Waals surface area contributed by atoms with Crippen LogP contribution in [0.25, 0.3) is 0 Å². The van der Waals surface area contributed by atoms with Crippen molar-refractivity contribution in [1.82, 2.24) is 15.5 Å². The second-order valence-corrected chi connectivity index (χ2v) is 10.4. The first-order valence-corrected chi connectivity index (χ1v) is 12.9. The van der Waals surface area contributed by atoms with Crippen LogP contribution in [0.5, 0.6) is 0 Å². The zero-order chi connectivity index (χ0) is 27.0. The van der Waals surface area contributed by atoms with Gasteiger partial charge in [0.1, 0.15) is 17.7 Å². The quantitative estimate of drug-likeness (QED) is 0.305. The molecule has 0 aromatic heterocycles. The van der Waals surface area contributed by atoms with Gasteiger partial charge in [-0.3, -0.25) is 14.4 Å². The van der Waals surface area contributed by atoms with E-state index in [1.165, 1.54) is 0 Å². The van der Waals surface area contributed by atoms with Crippen LogP contribution >= 0.6 is 12.6 Å². The standard InChI is InChI=1S/C26H39N3O6S/c1-7-34-21(30)12-13-27-23(31)22(18-11-9-8-10-16(18)2)29(20-14-17(20)3)24(32)19(15-36)28-25(33)35-26(4,5)6/h8-11,17,19-20,22,36H,7,12-15H2,1-6H3,(H,27,31)(H,28,33). The molecule has 2 N–H and O–H groups in total. The summed E-state index contributed by atoms with van der Waals surface area (Å²) in [4.78, 5) is 53.1. The van der Waals surface area contributed by atoms with Gasteiger partial charge in [-0.25, -0.2) is 4.79 Å². The van der Waals surface area contributed by atoms with Crippen LogP contribution in [0.15, 0.2) is 24.3 Å². The molecule has 0 bridgehead atoms. The number of thiol groups is 1. The van der Waals surface area contributed by atoms with Crippen molar-refractivity contribution in [2.45, 2.75) is 78.1 Å². The van der Waals surface area contributed by atoms with Crippen molar-refractivity contribution in [1.29, 1.82) is 0 Å². The molecule has 1 fully saturated rings. The number of ether oxygens (including phenoxy) is 2. The summed E-state index contributed by atoms with van der Waals surface area (Å²) in [5.74, 6) is -1.02. The lowest BCUT2D eigenvalue weighted by Gasteiger charge is -2.35. The topological polar surface area (TPSA) is 114 Å². The Labute approximate surface area is 219 Å². The van der Waals surface area contributed by atoms with Crippen molar-refractivity contribution >= 4 is 36.5 Å². The van der Waals surface area contributed by atoms with E-state index in [9.17, 15) is 19.2 Å². The first kappa shape index (κ1) is 29.5. The molecule has 3 amide bonds. The molecule has 0 radical (unpaired) electrons. The number of carbonyl (C=O) groups excluding carboxylic acids is 4. The molecule has 0 aliphatic heterocycles. The third-order valence-corrected chi connectivity index (χ3v) is 6.16. The minimum absolute atomic E-state index is 0.0211. The molecule has 36 heavy (non-hydrogen) atoms. The van der Waals surface area contributed by atoms with Crippen molar-refractivity contribution in [2.24, 2.45) is 5.92 Å². The first-order chi connectivity index (χ1) is 16.9. The Kier molecular flexibility index (Phi) is 10.6. The molecule has 9 nitrogen and oxygen atoms in total. The van der Waals surface area contributed by atoms with E-state index in [4.69, 9.17) is 9.47 Å². The normalized spacial score (nSPS) is 18.4. The monoisotopic (exact) mass is 521 g/mol. The Morgan fingerprint density at radius 1 is 1.19 bits per heavy atom. The van der Waals surface area contributed by atoms with Crippen molar-refractivity contribution in [2.75, 3.05) is 18.9 Å². The molecule has 1 aliphatic rings. The molecular formula is C26H39N3O6S. The number of nitrogens with zero attached hydrogens (tertiary/aromatic N) is 1. The summed E-state index contributed by atoms with van der Waals surface area (Å²) in [7, 11) is 0. The summed E-state index contributed by atoms with van der Waals surface area (Å²) in [5, 5.41) is 5.41. The second-order valence-electron chi connectivity index (χ2n) is 10.0. The van der Waals surface area contributed by atoms with E-state index in [0.29, 0.717) is 5.56 Å². The molecule has 1 aliphatic carbocycles. The van der Waals surface area contributed by atoms with Gasteiger partial charge < -0.3 is 25.0 Å². The number of hydrogen-bond donors (Lipinski definition) is 3. The van der Waals surface area contributed by atoms with Crippen molar-refractivity contribution < 1.29 is 28.7 Å². The van der Waals surface area contributed by atoms with Gasteiger partial charge in [0.15, 0.2) is 0 Å². The number of amides is 3. The van der Waals surface area contributed by atoms with Gasteiger partial charge in [-0.15, -0.1) is 0 Å². The minimum Gasteiger partial charge on any atom is -0.466 e. The van der Waals surface area contributed by atoms with Crippen LogP contribution in [-0.4, -0.2) is 65.4 Å². The van der Waals surface area contributed by atoms with Gasteiger partial charge in [0.25, 0.3) is 0 Å². The lowest BCUT2D eigenvalue weighted by molar-refractivity contribution is -0.144. The number of carbonyl (C=O) groups is 4. The Bertz CT molecular complexity index is 948. The zero-order valence-electron chi connectivity index (χ0n) is 22.0. The fourth-order valence-corrected chi connectivity index (χ4v) is 4.16. The molecule has 4 unspecified atom stereocenters.